The molecule has 0 atom stereocenters. The fourth-order valence-electron chi connectivity index (χ4n) is 2.33. The molecule has 0 saturated heterocycles. The van der Waals surface area contributed by atoms with E-state index in [-0.39, 0.29) is 11.3 Å². The van der Waals surface area contributed by atoms with Gasteiger partial charge in [0, 0.05) is 15.6 Å². The topological polar surface area (TPSA) is 29.1 Å². The molecule has 1 saturated carbocycles. The summed E-state index contributed by atoms with van der Waals surface area (Å²) in [5.74, 6) is 0.158. The van der Waals surface area contributed by atoms with Gasteiger partial charge in [-0.25, -0.2) is 0 Å². The molecular weight excluding hydrogens is 278 g/mol. The van der Waals surface area contributed by atoms with Crippen molar-refractivity contribution in [3.63, 3.8) is 0 Å². The predicted octanol–water partition coefficient (Wildman–Crippen LogP) is 4.28. The van der Waals surface area contributed by atoms with Gasteiger partial charge in [-0.15, -0.1) is 0 Å². The maximum Gasteiger partial charge on any atom is 0.230 e. The molecule has 1 aliphatic carbocycles. The molecule has 0 aromatic heterocycles. The summed E-state index contributed by atoms with van der Waals surface area (Å²) in [6.07, 6.45) is 4.35. The van der Waals surface area contributed by atoms with E-state index < -0.39 is 0 Å². The van der Waals surface area contributed by atoms with Gasteiger partial charge >= 0.3 is 0 Å². The van der Waals surface area contributed by atoms with Crippen molar-refractivity contribution in [2.45, 2.75) is 39.5 Å². The molecule has 92 valence electrons. The lowest BCUT2D eigenvalue weighted by Crippen LogP contribution is -2.30. The van der Waals surface area contributed by atoms with E-state index in [4.69, 9.17) is 0 Å². The van der Waals surface area contributed by atoms with E-state index in [0.29, 0.717) is 0 Å². The van der Waals surface area contributed by atoms with Crippen LogP contribution in [-0.4, -0.2) is 5.91 Å². The van der Waals surface area contributed by atoms with Crippen molar-refractivity contribution in [3.05, 3.63) is 28.2 Å². The molecule has 0 unspecified atom stereocenters. The Balaban J connectivity index is 2.10. The Morgan fingerprint density at radius 2 is 2.00 bits per heavy atom. The quantitative estimate of drug-likeness (QED) is 0.867. The van der Waals surface area contributed by atoms with Crippen LogP contribution in [0.3, 0.4) is 0 Å². The largest absolute Gasteiger partial charge is 0.326 e. The number of hydrogen-bond acceptors (Lipinski definition) is 1. The van der Waals surface area contributed by atoms with Gasteiger partial charge < -0.3 is 5.32 Å². The summed E-state index contributed by atoms with van der Waals surface area (Å²) in [6, 6.07) is 5.93. The molecule has 17 heavy (non-hydrogen) atoms. The average Bonchev–Trinajstić information content (AvgIpc) is 2.72. The molecule has 1 N–H and O–H groups in total. The number of hydrogen-bond donors (Lipinski definition) is 1. The average molecular weight is 296 g/mol. The van der Waals surface area contributed by atoms with Crippen LogP contribution in [0.2, 0.25) is 0 Å². The van der Waals surface area contributed by atoms with Gasteiger partial charge in [0.2, 0.25) is 5.91 Å². The van der Waals surface area contributed by atoms with Gasteiger partial charge in [-0.05, 0) is 37.5 Å². The van der Waals surface area contributed by atoms with E-state index in [2.05, 4.69) is 28.2 Å². The molecule has 1 aliphatic rings. The molecule has 2 nitrogen and oxygen atoms in total. The summed E-state index contributed by atoms with van der Waals surface area (Å²) in [4.78, 5) is 12.2. The highest BCUT2D eigenvalue weighted by molar-refractivity contribution is 9.10. The highest BCUT2D eigenvalue weighted by atomic mass is 79.9. The van der Waals surface area contributed by atoms with E-state index in [9.17, 15) is 4.79 Å². The Kier molecular flexibility index (Phi) is 3.57. The third kappa shape index (κ3) is 2.71. The number of halogens is 1. The molecule has 1 aromatic carbocycles. The second-order valence-corrected chi connectivity index (χ2v) is 6.04. The SMILES string of the molecule is Cc1ccc(NC(=O)C2(C)CCCC2)cc1Br. The van der Waals surface area contributed by atoms with Crippen molar-refractivity contribution in [3.8, 4) is 0 Å². The summed E-state index contributed by atoms with van der Waals surface area (Å²) in [5.41, 5.74) is 1.88. The molecule has 1 aromatic rings. The second-order valence-electron chi connectivity index (χ2n) is 5.19. The van der Waals surface area contributed by atoms with Crippen LogP contribution in [0.1, 0.15) is 38.2 Å². The van der Waals surface area contributed by atoms with Crippen molar-refractivity contribution in [2.24, 2.45) is 5.41 Å². The number of aryl methyl sites for hydroxylation is 1. The van der Waals surface area contributed by atoms with Crippen LogP contribution in [0, 0.1) is 12.3 Å². The zero-order valence-corrected chi connectivity index (χ0v) is 11.9. The first kappa shape index (κ1) is 12.6. The van der Waals surface area contributed by atoms with Gasteiger partial charge in [0.05, 0.1) is 0 Å². The molecule has 0 spiro atoms. The van der Waals surface area contributed by atoms with Gasteiger partial charge in [0.25, 0.3) is 0 Å². The Hall–Kier alpha value is -0.830. The number of nitrogens with one attached hydrogen (secondary N) is 1. The number of rotatable bonds is 2. The molecule has 0 aliphatic heterocycles. The van der Waals surface area contributed by atoms with Crippen LogP contribution < -0.4 is 5.32 Å². The Morgan fingerprint density at radius 3 is 2.59 bits per heavy atom. The number of carbonyl (C=O) groups is 1. The van der Waals surface area contributed by atoms with Gasteiger partial charge in [0.1, 0.15) is 0 Å². The fraction of sp³-hybridized carbons (Fsp3) is 0.500. The summed E-state index contributed by atoms with van der Waals surface area (Å²) in [6.45, 7) is 4.10. The van der Waals surface area contributed by atoms with E-state index >= 15 is 0 Å². The Morgan fingerprint density at radius 1 is 1.35 bits per heavy atom. The van der Waals surface area contributed by atoms with E-state index in [1.54, 1.807) is 0 Å². The third-order valence-electron chi connectivity index (χ3n) is 3.68. The number of carbonyl (C=O) groups excluding carboxylic acids is 1. The first-order valence-corrected chi connectivity index (χ1v) is 6.88. The number of amides is 1. The molecular formula is C14H18BrNO. The Bertz CT molecular complexity index is 436. The lowest BCUT2D eigenvalue weighted by atomic mass is 9.88. The normalized spacial score (nSPS) is 18.1. The smallest absolute Gasteiger partial charge is 0.230 e. The first-order valence-electron chi connectivity index (χ1n) is 6.09. The lowest BCUT2D eigenvalue weighted by molar-refractivity contribution is -0.124. The van der Waals surface area contributed by atoms with Crippen molar-refractivity contribution < 1.29 is 4.79 Å². The zero-order valence-electron chi connectivity index (χ0n) is 10.3. The highest BCUT2D eigenvalue weighted by Gasteiger charge is 2.36. The van der Waals surface area contributed by atoms with Crippen LogP contribution >= 0.6 is 15.9 Å². The number of anilines is 1. The maximum absolute atomic E-state index is 12.2. The van der Waals surface area contributed by atoms with Crippen LogP contribution in [-0.2, 0) is 4.79 Å². The molecule has 1 amide bonds. The Labute approximate surface area is 111 Å². The molecule has 0 heterocycles. The number of benzene rings is 1. The van der Waals surface area contributed by atoms with Crippen molar-refractivity contribution in [1.29, 1.82) is 0 Å². The summed E-state index contributed by atoms with van der Waals surface area (Å²) in [5, 5.41) is 3.02. The molecule has 1 fully saturated rings. The molecule has 0 bridgehead atoms. The van der Waals surface area contributed by atoms with Crippen LogP contribution in [0.25, 0.3) is 0 Å². The minimum absolute atomic E-state index is 0.158. The summed E-state index contributed by atoms with van der Waals surface area (Å²) < 4.78 is 1.03. The second kappa shape index (κ2) is 4.81. The van der Waals surface area contributed by atoms with Crippen molar-refractivity contribution >= 4 is 27.5 Å². The van der Waals surface area contributed by atoms with E-state index in [0.717, 1.165) is 23.0 Å². The molecule has 0 radical (unpaired) electrons. The zero-order chi connectivity index (χ0) is 12.5. The van der Waals surface area contributed by atoms with E-state index in [1.807, 2.05) is 25.1 Å². The van der Waals surface area contributed by atoms with Crippen LogP contribution in [0.4, 0.5) is 5.69 Å². The summed E-state index contributed by atoms with van der Waals surface area (Å²) >= 11 is 3.48. The fourth-order valence-corrected chi connectivity index (χ4v) is 2.71. The predicted molar refractivity (Wildman–Crippen MR) is 74.1 cm³/mol. The molecule has 3 heteroatoms. The maximum atomic E-state index is 12.2. The van der Waals surface area contributed by atoms with Gasteiger partial charge in [0.15, 0.2) is 0 Å². The minimum atomic E-state index is -0.169. The molecule has 2 rings (SSSR count). The highest BCUT2D eigenvalue weighted by Crippen LogP contribution is 2.38. The van der Waals surface area contributed by atoms with Gasteiger partial charge in [-0.1, -0.05) is 41.8 Å². The van der Waals surface area contributed by atoms with Gasteiger partial charge in [-0.3, -0.25) is 4.79 Å². The van der Waals surface area contributed by atoms with Crippen LogP contribution in [0.5, 0.6) is 0 Å². The van der Waals surface area contributed by atoms with E-state index in [1.165, 1.54) is 18.4 Å². The van der Waals surface area contributed by atoms with Gasteiger partial charge in [-0.2, -0.15) is 0 Å². The van der Waals surface area contributed by atoms with Crippen LogP contribution in [0.15, 0.2) is 22.7 Å². The first-order chi connectivity index (χ1) is 8.01. The van der Waals surface area contributed by atoms with Crippen molar-refractivity contribution in [1.82, 2.24) is 0 Å². The standard InChI is InChI=1S/C14H18BrNO/c1-10-5-6-11(9-12(10)15)16-13(17)14(2)7-3-4-8-14/h5-6,9H,3-4,7-8H2,1-2H3,(H,16,17). The van der Waals surface area contributed by atoms with Crippen molar-refractivity contribution in [2.75, 3.05) is 5.32 Å². The summed E-state index contributed by atoms with van der Waals surface area (Å²) in [7, 11) is 0. The lowest BCUT2D eigenvalue weighted by Gasteiger charge is -2.22. The minimum Gasteiger partial charge on any atom is -0.326 e. The third-order valence-corrected chi connectivity index (χ3v) is 4.54. The monoisotopic (exact) mass is 295 g/mol.